The Labute approximate surface area is 96.2 Å². The zero-order valence-corrected chi connectivity index (χ0v) is 10.2. The van der Waals surface area contributed by atoms with Crippen molar-refractivity contribution in [1.82, 2.24) is 10.6 Å². The minimum Gasteiger partial charge on any atom is -0.396 e. The van der Waals surface area contributed by atoms with Crippen molar-refractivity contribution in [3.8, 4) is 0 Å². The Bertz CT molecular complexity index is 156. The molecule has 0 aliphatic heterocycles. The molecule has 1 amide bonds. The van der Waals surface area contributed by atoms with Crippen LogP contribution in [0.5, 0.6) is 0 Å². The van der Waals surface area contributed by atoms with Crippen molar-refractivity contribution in [3.05, 3.63) is 0 Å². The number of aliphatic hydroxyl groups excluding tert-OH is 1. The molecule has 4 nitrogen and oxygen atoms in total. The van der Waals surface area contributed by atoms with Crippen LogP contribution in [0.3, 0.4) is 0 Å². The van der Waals surface area contributed by atoms with Crippen molar-refractivity contribution < 1.29 is 9.90 Å². The average molecular weight is 234 g/mol. The summed E-state index contributed by atoms with van der Waals surface area (Å²) in [6.07, 6.45) is 1.88. The maximum atomic E-state index is 11.2. The molecule has 0 aliphatic carbocycles. The highest BCUT2D eigenvalue weighted by Crippen LogP contribution is 1.99. The van der Waals surface area contributed by atoms with Crippen molar-refractivity contribution in [1.29, 1.82) is 0 Å². The molecule has 5 heteroatoms. The number of thioether (sulfide) groups is 1. The number of nitrogens with one attached hydrogen (secondary N) is 2. The van der Waals surface area contributed by atoms with Crippen LogP contribution in [0.2, 0.25) is 0 Å². The van der Waals surface area contributed by atoms with Gasteiger partial charge in [0.05, 0.1) is 6.54 Å². The summed E-state index contributed by atoms with van der Waals surface area (Å²) >= 11 is 1.75. The Balaban J connectivity index is 3.10. The molecule has 0 fully saturated rings. The minimum atomic E-state index is 0.0613. The van der Waals surface area contributed by atoms with E-state index in [0.717, 1.165) is 30.9 Å². The summed E-state index contributed by atoms with van der Waals surface area (Å²) in [6, 6.07) is 0. The van der Waals surface area contributed by atoms with Gasteiger partial charge in [0.25, 0.3) is 0 Å². The van der Waals surface area contributed by atoms with E-state index in [2.05, 4.69) is 17.6 Å². The van der Waals surface area contributed by atoms with Gasteiger partial charge in [0.15, 0.2) is 0 Å². The Hall–Kier alpha value is -0.260. The fourth-order valence-electron chi connectivity index (χ4n) is 0.972. The van der Waals surface area contributed by atoms with Crippen LogP contribution in [-0.2, 0) is 4.79 Å². The smallest absolute Gasteiger partial charge is 0.233 e. The van der Waals surface area contributed by atoms with Crippen molar-refractivity contribution >= 4 is 17.7 Å². The molecule has 0 atom stereocenters. The third-order valence-electron chi connectivity index (χ3n) is 1.73. The molecule has 0 radical (unpaired) electrons. The molecule has 0 unspecified atom stereocenters. The normalized spacial score (nSPS) is 10.3. The highest BCUT2D eigenvalue weighted by atomic mass is 32.2. The maximum Gasteiger partial charge on any atom is 0.233 e. The summed E-state index contributed by atoms with van der Waals surface area (Å²) in [6.45, 7) is 4.33. The predicted molar refractivity (Wildman–Crippen MR) is 65.2 cm³/mol. The van der Waals surface area contributed by atoms with E-state index < -0.39 is 0 Å². The molecule has 0 saturated carbocycles. The standard InChI is InChI=1S/C10H22N2O2S/c1-2-4-11-9-10(14)12-5-8-15-7-3-6-13/h11,13H,2-9H2,1H3,(H,12,14). The zero-order chi connectivity index (χ0) is 11.4. The average Bonchev–Trinajstić information content (AvgIpc) is 2.23. The molecule has 0 aliphatic rings. The molecule has 3 N–H and O–H groups in total. The second-order valence-corrected chi connectivity index (χ2v) is 4.44. The number of aliphatic hydroxyl groups is 1. The van der Waals surface area contributed by atoms with Gasteiger partial charge in [-0.25, -0.2) is 0 Å². The predicted octanol–water partition coefficient (Wildman–Crippen LogP) is 0.218. The Kier molecular flexibility index (Phi) is 11.6. The van der Waals surface area contributed by atoms with Gasteiger partial charge in [-0.05, 0) is 25.1 Å². The van der Waals surface area contributed by atoms with Crippen LogP contribution >= 0.6 is 11.8 Å². The lowest BCUT2D eigenvalue weighted by Crippen LogP contribution is -2.35. The first-order valence-electron chi connectivity index (χ1n) is 5.47. The quantitative estimate of drug-likeness (QED) is 0.473. The fraction of sp³-hybridized carbons (Fsp3) is 0.900. The van der Waals surface area contributed by atoms with E-state index in [4.69, 9.17) is 5.11 Å². The lowest BCUT2D eigenvalue weighted by molar-refractivity contribution is -0.120. The van der Waals surface area contributed by atoms with Crippen molar-refractivity contribution in [2.24, 2.45) is 0 Å². The summed E-state index contributed by atoms with van der Waals surface area (Å²) in [4.78, 5) is 11.2. The summed E-state index contributed by atoms with van der Waals surface area (Å²) < 4.78 is 0. The molecule has 0 aromatic rings. The van der Waals surface area contributed by atoms with Crippen molar-refractivity contribution in [2.75, 3.05) is 37.7 Å². The van der Waals surface area contributed by atoms with E-state index in [-0.39, 0.29) is 12.5 Å². The molecule has 0 aromatic carbocycles. The van der Waals surface area contributed by atoms with Crippen LogP contribution in [0, 0.1) is 0 Å². The molecule has 15 heavy (non-hydrogen) atoms. The molecule has 0 bridgehead atoms. The fourth-order valence-corrected chi connectivity index (χ4v) is 1.76. The van der Waals surface area contributed by atoms with Gasteiger partial charge in [-0.2, -0.15) is 11.8 Å². The highest BCUT2D eigenvalue weighted by molar-refractivity contribution is 7.99. The Morgan fingerprint density at radius 3 is 2.80 bits per heavy atom. The number of carbonyl (C=O) groups excluding carboxylic acids is 1. The number of rotatable bonds is 10. The highest BCUT2D eigenvalue weighted by Gasteiger charge is 1.98. The third-order valence-corrected chi connectivity index (χ3v) is 2.80. The third kappa shape index (κ3) is 11.7. The zero-order valence-electron chi connectivity index (χ0n) is 9.42. The Morgan fingerprint density at radius 1 is 1.33 bits per heavy atom. The number of hydrogen-bond donors (Lipinski definition) is 3. The van der Waals surface area contributed by atoms with Crippen LogP contribution in [0.15, 0.2) is 0 Å². The monoisotopic (exact) mass is 234 g/mol. The second kappa shape index (κ2) is 11.8. The molecule has 0 aromatic heterocycles. The molecule has 0 rings (SSSR count). The summed E-state index contributed by atoms with van der Waals surface area (Å²) in [5.74, 6) is 1.94. The van der Waals surface area contributed by atoms with Gasteiger partial charge in [0.1, 0.15) is 0 Å². The van der Waals surface area contributed by atoms with Crippen molar-refractivity contribution in [3.63, 3.8) is 0 Å². The maximum absolute atomic E-state index is 11.2. The van der Waals surface area contributed by atoms with Gasteiger partial charge in [-0.3, -0.25) is 4.79 Å². The minimum absolute atomic E-state index is 0.0613. The summed E-state index contributed by atoms with van der Waals surface area (Å²) in [7, 11) is 0. The van der Waals surface area contributed by atoms with Crippen LogP contribution in [0.4, 0.5) is 0 Å². The van der Waals surface area contributed by atoms with Gasteiger partial charge < -0.3 is 15.7 Å². The SMILES string of the molecule is CCCNCC(=O)NCCSCCCO. The molecule has 0 heterocycles. The topological polar surface area (TPSA) is 61.4 Å². The number of carbonyl (C=O) groups is 1. The van der Waals surface area contributed by atoms with E-state index in [0.29, 0.717) is 13.1 Å². The first-order chi connectivity index (χ1) is 7.31. The lowest BCUT2D eigenvalue weighted by atomic mass is 10.4. The molecule has 0 saturated heterocycles. The van der Waals surface area contributed by atoms with Crippen LogP contribution in [-0.4, -0.2) is 48.8 Å². The van der Waals surface area contributed by atoms with E-state index >= 15 is 0 Å². The van der Waals surface area contributed by atoms with Crippen LogP contribution in [0.25, 0.3) is 0 Å². The van der Waals surface area contributed by atoms with E-state index in [1.807, 2.05) is 0 Å². The van der Waals surface area contributed by atoms with Gasteiger partial charge in [-0.1, -0.05) is 6.92 Å². The first kappa shape index (κ1) is 14.7. The Morgan fingerprint density at radius 2 is 2.13 bits per heavy atom. The van der Waals surface area contributed by atoms with E-state index in [9.17, 15) is 4.79 Å². The van der Waals surface area contributed by atoms with E-state index in [1.54, 1.807) is 11.8 Å². The van der Waals surface area contributed by atoms with E-state index in [1.165, 1.54) is 0 Å². The second-order valence-electron chi connectivity index (χ2n) is 3.22. The summed E-state index contributed by atoms with van der Waals surface area (Å²) in [5, 5.41) is 14.4. The molecular weight excluding hydrogens is 212 g/mol. The van der Waals surface area contributed by atoms with Gasteiger partial charge >= 0.3 is 0 Å². The van der Waals surface area contributed by atoms with Crippen molar-refractivity contribution in [2.45, 2.75) is 19.8 Å². The molecule has 90 valence electrons. The molecular formula is C10H22N2O2S. The lowest BCUT2D eigenvalue weighted by Gasteiger charge is -2.05. The molecule has 0 spiro atoms. The van der Waals surface area contributed by atoms with Gasteiger partial charge in [0, 0.05) is 18.9 Å². The number of hydrogen-bond acceptors (Lipinski definition) is 4. The van der Waals surface area contributed by atoms with Gasteiger partial charge in [0.2, 0.25) is 5.91 Å². The first-order valence-corrected chi connectivity index (χ1v) is 6.62. The number of amides is 1. The van der Waals surface area contributed by atoms with Crippen LogP contribution < -0.4 is 10.6 Å². The summed E-state index contributed by atoms with van der Waals surface area (Å²) in [5.41, 5.74) is 0. The van der Waals surface area contributed by atoms with Crippen LogP contribution in [0.1, 0.15) is 19.8 Å². The largest absolute Gasteiger partial charge is 0.396 e. The van der Waals surface area contributed by atoms with Gasteiger partial charge in [-0.15, -0.1) is 0 Å².